The van der Waals surface area contributed by atoms with Crippen LogP contribution < -0.4 is 0 Å². The molecule has 0 amide bonds. The quantitative estimate of drug-likeness (QED) is 0.312. The Kier molecular flexibility index (Phi) is 10.3. The number of carbonyl (C=O) groups excluding carboxylic acids is 3. The molecule has 10 heteroatoms. The van der Waals surface area contributed by atoms with E-state index in [-0.39, 0.29) is 12.8 Å². The number of hydrogen-bond donors (Lipinski definition) is 3. The number of rotatable bonds is 11. The van der Waals surface area contributed by atoms with Gasteiger partial charge in [-0.15, -0.1) is 0 Å². The highest BCUT2D eigenvalue weighted by atomic mass is 16.6. The first-order chi connectivity index (χ1) is 11.1. The van der Waals surface area contributed by atoms with Crippen LogP contribution in [0, 0.1) is 0 Å². The molecule has 0 saturated heterocycles. The van der Waals surface area contributed by atoms with Gasteiger partial charge in [-0.25, -0.2) is 4.79 Å². The lowest BCUT2D eigenvalue weighted by Crippen LogP contribution is -2.34. The van der Waals surface area contributed by atoms with E-state index in [1.54, 1.807) is 0 Å². The Hall–Kier alpha value is -2.20. The number of aliphatic hydroxyl groups excluding tert-OH is 2. The number of ether oxygens (including phenoxy) is 3. The van der Waals surface area contributed by atoms with Crippen molar-refractivity contribution in [2.75, 3.05) is 13.2 Å². The van der Waals surface area contributed by atoms with E-state index < -0.39 is 61.8 Å². The minimum Gasteiger partial charge on any atom is -0.481 e. The summed E-state index contributed by atoms with van der Waals surface area (Å²) in [4.78, 5) is 44.4. The average Bonchev–Trinajstić information content (AvgIpc) is 2.46. The lowest BCUT2D eigenvalue weighted by molar-refractivity contribution is -0.172. The number of carbonyl (C=O) groups is 4. The molecule has 0 aliphatic carbocycles. The minimum absolute atomic E-state index is 0.268. The Morgan fingerprint density at radius 3 is 1.92 bits per heavy atom. The number of carboxylic acid groups (broad SMARTS) is 1. The molecule has 0 aromatic heterocycles. The first-order valence-corrected chi connectivity index (χ1v) is 7.21. The zero-order valence-corrected chi connectivity index (χ0v) is 13.5. The second-order valence-electron chi connectivity index (χ2n) is 5.05. The summed E-state index contributed by atoms with van der Waals surface area (Å²) in [5.41, 5.74) is 0. The lowest BCUT2D eigenvalue weighted by Gasteiger charge is -2.19. The van der Waals surface area contributed by atoms with Crippen LogP contribution in [0.25, 0.3) is 0 Å². The van der Waals surface area contributed by atoms with Crippen molar-refractivity contribution in [2.24, 2.45) is 0 Å². The van der Waals surface area contributed by atoms with Crippen LogP contribution in [0.15, 0.2) is 0 Å². The Morgan fingerprint density at radius 2 is 1.46 bits per heavy atom. The van der Waals surface area contributed by atoms with E-state index in [1.807, 2.05) is 0 Å². The predicted molar refractivity (Wildman–Crippen MR) is 76.6 cm³/mol. The van der Waals surface area contributed by atoms with Gasteiger partial charge in [-0.2, -0.15) is 0 Å². The van der Waals surface area contributed by atoms with Crippen molar-refractivity contribution in [1.82, 2.24) is 0 Å². The van der Waals surface area contributed by atoms with Crippen molar-refractivity contribution in [3.63, 3.8) is 0 Å². The summed E-state index contributed by atoms with van der Waals surface area (Å²) >= 11 is 0. The van der Waals surface area contributed by atoms with E-state index >= 15 is 0 Å². The Morgan fingerprint density at radius 1 is 0.917 bits per heavy atom. The van der Waals surface area contributed by atoms with E-state index in [0.29, 0.717) is 0 Å². The molecule has 0 radical (unpaired) electrons. The number of carboxylic acids is 1. The summed E-state index contributed by atoms with van der Waals surface area (Å²) in [5, 5.41) is 26.6. The molecule has 1 unspecified atom stereocenters. The molecule has 0 aliphatic rings. The highest BCUT2D eigenvalue weighted by Gasteiger charge is 2.22. The van der Waals surface area contributed by atoms with Crippen LogP contribution in [0.5, 0.6) is 0 Å². The summed E-state index contributed by atoms with van der Waals surface area (Å²) in [6.07, 6.45) is -4.56. The van der Waals surface area contributed by atoms with Gasteiger partial charge < -0.3 is 29.5 Å². The van der Waals surface area contributed by atoms with Gasteiger partial charge in [0.1, 0.15) is 19.3 Å². The monoisotopic (exact) mass is 350 g/mol. The van der Waals surface area contributed by atoms with Crippen LogP contribution in [-0.2, 0) is 33.4 Å². The Labute approximate surface area is 138 Å². The number of aliphatic hydroxyl groups is 2. The van der Waals surface area contributed by atoms with Crippen LogP contribution in [0.3, 0.4) is 0 Å². The van der Waals surface area contributed by atoms with E-state index in [0.717, 1.165) is 6.92 Å². The fourth-order valence-corrected chi connectivity index (χ4v) is 1.33. The molecule has 138 valence electrons. The van der Waals surface area contributed by atoms with Gasteiger partial charge in [0.2, 0.25) is 0 Å². The molecule has 0 fully saturated rings. The van der Waals surface area contributed by atoms with Crippen LogP contribution in [-0.4, -0.2) is 70.7 Å². The molecule has 0 aliphatic heterocycles. The fraction of sp³-hybridized carbons (Fsp3) is 0.714. The van der Waals surface area contributed by atoms with Gasteiger partial charge in [0.25, 0.3) is 0 Å². The van der Waals surface area contributed by atoms with Gasteiger partial charge in [-0.3, -0.25) is 14.4 Å². The fourth-order valence-electron chi connectivity index (χ4n) is 1.33. The molecule has 0 heterocycles. The molecule has 0 aromatic rings. The molecule has 3 atom stereocenters. The molecular formula is C14H22O10. The van der Waals surface area contributed by atoms with Crippen molar-refractivity contribution >= 4 is 23.9 Å². The number of hydrogen-bond acceptors (Lipinski definition) is 9. The van der Waals surface area contributed by atoms with Crippen molar-refractivity contribution in [1.29, 1.82) is 0 Å². The molecular weight excluding hydrogens is 328 g/mol. The van der Waals surface area contributed by atoms with Gasteiger partial charge in [-0.05, 0) is 13.8 Å². The van der Waals surface area contributed by atoms with E-state index in [9.17, 15) is 19.2 Å². The van der Waals surface area contributed by atoms with Crippen molar-refractivity contribution < 1.29 is 48.7 Å². The van der Waals surface area contributed by atoms with Gasteiger partial charge in [-0.1, -0.05) is 0 Å². The maximum Gasteiger partial charge on any atom is 0.335 e. The summed E-state index contributed by atoms with van der Waals surface area (Å²) in [6.45, 7) is 1.63. The second-order valence-corrected chi connectivity index (χ2v) is 5.05. The van der Waals surface area contributed by atoms with Crippen LogP contribution in [0.2, 0.25) is 0 Å². The topological polar surface area (TPSA) is 157 Å². The molecule has 0 bridgehead atoms. The summed E-state index contributed by atoms with van der Waals surface area (Å²) in [5.74, 6) is -3.75. The third-order valence-corrected chi connectivity index (χ3v) is 2.49. The van der Waals surface area contributed by atoms with Crippen molar-refractivity contribution in [3.05, 3.63) is 0 Å². The van der Waals surface area contributed by atoms with E-state index in [2.05, 4.69) is 0 Å². The third kappa shape index (κ3) is 11.4. The Bertz CT molecular complexity index is 443. The van der Waals surface area contributed by atoms with Gasteiger partial charge >= 0.3 is 23.9 Å². The number of esters is 3. The SMILES string of the molecule is C[C@@H](O)CC(=O)OCC(COC(=O)CCC(=O)O)OC(=O)[C@@H](C)O. The molecule has 3 N–H and O–H groups in total. The number of aliphatic carboxylic acids is 1. The van der Waals surface area contributed by atoms with Gasteiger partial charge in [0.15, 0.2) is 6.10 Å². The summed E-state index contributed by atoms with van der Waals surface area (Å²) < 4.78 is 14.4. The standard InChI is InChI=1S/C14H22O10/c1-8(15)5-13(20)23-7-10(24-14(21)9(2)16)6-22-12(19)4-3-11(17)18/h8-10,15-16H,3-7H2,1-2H3,(H,17,18)/t8-,9-,10?/m1/s1. The smallest absolute Gasteiger partial charge is 0.335 e. The normalized spacial score (nSPS) is 14.2. The third-order valence-electron chi connectivity index (χ3n) is 2.49. The molecule has 0 saturated carbocycles. The van der Waals surface area contributed by atoms with Crippen molar-refractivity contribution in [2.45, 2.75) is 51.4 Å². The molecule has 0 rings (SSSR count). The lowest BCUT2D eigenvalue weighted by atomic mass is 10.3. The van der Waals surface area contributed by atoms with Crippen LogP contribution >= 0.6 is 0 Å². The zero-order valence-electron chi connectivity index (χ0n) is 13.5. The van der Waals surface area contributed by atoms with Crippen LogP contribution in [0.1, 0.15) is 33.1 Å². The molecule has 0 aromatic carbocycles. The first kappa shape index (κ1) is 21.8. The maximum absolute atomic E-state index is 11.4. The minimum atomic E-state index is -1.43. The predicted octanol–water partition coefficient (Wildman–Crippen LogP) is -0.999. The second kappa shape index (κ2) is 11.4. The first-order valence-electron chi connectivity index (χ1n) is 7.21. The van der Waals surface area contributed by atoms with Gasteiger partial charge in [0, 0.05) is 0 Å². The van der Waals surface area contributed by atoms with Gasteiger partial charge in [0.05, 0.1) is 25.4 Å². The van der Waals surface area contributed by atoms with Crippen molar-refractivity contribution in [3.8, 4) is 0 Å². The Balaban J connectivity index is 4.47. The largest absolute Gasteiger partial charge is 0.481 e. The van der Waals surface area contributed by atoms with E-state index in [1.165, 1.54) is 6.92 Å². The summed E-state index contributed by atoms with van der Waals surface area (Å²) in [7, 11) is 0. The average molecular weight is 350 g/mol. The zero-order chi connectivity index (χ0) is 18.7. The van der Waals surface area contributed by atoms with Crippen LogP contribution in [0.4, 0.5) is 0 Å². The molecule has 10 nitrogen and oxygen atoms in total. The molecule has 0 spiro atoms. The summed E-state index contributed by atoms with van der Waals surface area (Å²) in [6, 6.07) is 0. The molecule has 24 heavy (non-hydrogen) atoms. The van der Waals surface area contributed by atoms with E-state index in [4.69, 9.17) is 29.5 Å². The highest BCUT2D eigenvalue weighted by Crippen LogP contribution is 2.03. The highest BCUT2D eigenvalue weighted by molar-refractivity contribution is 5.76. The maximum atomic E-state index is 11.4.